The van der Waals surface area contributed by atoms with Crippen LogP contribution in [-0.4, -0.2) is 12.4 Å². The van der Waals surface area contributed by atoms with Crippen molar-refractivity contribution in [1.29, 1.82) is 0 Å². The van der Waals surface area contributed by atoms with Crippen molar-refractivity contribution in [2.24, 2.45) is 11.8 Å². The van der Waals surface area contributed by atoms with Crippen molar-refractivity contribution in [2.75, 3.05) is 12.4 Å². The lowest BCUT2D eigenvalue weighted by atomic mass is 9.99. The Morgan fingerprint density at radius 3 is 2.25 bits per heavy atom. The maximum Gasteiger partial charge on any atom is 0.190 e. The molecule has 0 spiro atoms. The van der Waals surface area contributed by atoms with Crippen LogP contribution in [0.3, 0.4) is 0 Å². The van der Waals surface area contributed by atoms with Crippen LogP contribution in [0.1, 0.15) is 13.8 Å². The molecule has 0 radical (unpaired) electrons. The van der Waals surface area contributed by atoms with Crippen LogP contribution in [0.4, 0.5) is 8.78 Å². The predicted octanol–water partition coefficient (Wildman–Crippen LogP) is 3.55. The van der Waals surface area contributed by atoms with Crippen molar-refractivity contribution in [2.45, 2.75) is 13.8 Å². The number of ether oxygens (including phenoxy) is 1. The van der Waals surface area contributed by atoms with Crippen molar-refractivity contribution >= 4 is 12.6 Å². The number of rotatable bonds is 5. The first-order valence-electron chi connectivity index (χ1n) is 5.24. The van der Waals surface area contributed by atoms with E-state index in [0.29, 0.717) is 11.7 Å². The smallest absolute Gasteiger partial charge is 0.190 e. The Hall–Kier alpha value is -0.770. The molecule has 16 heavy (non-hydrogen) atoms. The van der Waals surface area contributed by atoms with Crippen molar-refractivity contribution in [3.05, 3.63) is 29.8 Å². The van der Waals surface area contributed by atoms with Crippen molar-refractivity contribution < 1.29 is 13.5 Å². The van der Waals surface area contributed by atoms with Crippen molar-refractivity contribution in [3.8, 4) is 5.75 Å². The molecular formula is C12H16F2OS. The summed E-state index contributed by atoms with van der Waals surface area (Å²) in [7, 11) is 0. The van der Waals surface area contributed by atoms with Gasteiger partial charge >= 0.3 is 0 Å². The van der Waals surface area contributed by atoms with Crippen LogP contribution in [0.2, 0.25) is 0 Å². The Labute approximate surface area is 100 Å². The fraction of sp³-hybridized carbons (Fsp3) is 0.500. The Bertz CT molecular complexity index is 322. The van der Waals surface area contributed by atoms with Gasteiger partial charge in [-0.3, -0.25) is 0 Å². The van der Waals surface area contributed by atoms with Crippen LogP contribution in [-0.2, 0) is 0 Å². The van der Waals surface area contributed by atoms with Gasteiger partial charge in [0.2, 0.25) is 0 Å². The normalized spacial score (nSPS) is 12.9. The SMILES string of the molecule is CC(C)C(CS)COc1c(F)cccc1F. The van der Waals surface area contributed by atoms with Gasteiger partial charge in [-0.05, 0) is 23.8 Å². The molecule has 1 nitrogen and oxygen atoms in total. The molecule has 4 heteroatoms. The molecule has 1 unspecified atom stereocenters. The summed E-state index contributed by atoms with van der Waals surface area (Å²) in [4.78, 5) is 0. The lowest BCUT2D eigenvalue weighted by Gasteiger charge is -2.19. The van der Waals surface area contributed by atoms with Crippen molar-refractivity contribution in [3.63, 3.8) is 0 Å². The van der Waals surface area contributed by atoms with E-state index in [1.807, 2.05) is 13.8 Å². The molecule has 0 aliphatic carbocycles. The van der Waals surface area contributed by atoms with E-state index in [-0.39, 0.29) is 18.3 Å². The van der Waals surface area contributed by atoms with Gasteiger partial charge in [0.25, 0.3) is 0 Å². The highest BCUT2D eigenvalue weighted by Gasteiger charge is 2.15. The Morgan fingerprint density at radius 1 is 1.25 bits per heavy atom. The first kappa shape index (κ1) is 13.3. The predicted molar refractivity (Wildman–Crippen MR) is 64.0 cm³/mol. The van der Waals surface area contributed by atoms with Gasteiger partial charge in [-0.2, -0.15) is 12.6 Å². The molecular weight excluding hydrogens is 230 g/mol. The molecule has 0 aromatic heterocycles. The van der Waals surface area contributed by atoms with Crippen LogP contribution in [0.5, 0.6) is 5.75 Å². The number of hydrogen-bond acceptors (Lipinski definition) is 2. The summed E-state index contributed by atoms with van der Waals surface area (Å²) in [5.74, 6) is -0.443. The van der Waals surface area contributed by atoms with Gasteiger partial charge in [0.05, 0.1) is 6.61 Å². The Morgan fingerprint density at radius 2 is 1.81 bits per heavy atom. The van der Waals surface area contributed by atoms with Gasteiger partial charge in [-0.25, -0.2) is 8.78 Å². The standard InChI is InChI=1S/C12H16F2OS/c1-8(2)9(7-16)6-15-12-10(13)4-3-5-11(12)14/h3-5,8-9,16H,6-7H2,1-2H3. The monoisotopic (exact) mass is 246 g/mol. The average molecular weight is 246 g/mol. The minimum Gasteiger partial charge on any atom is -0.487 e. The Balaban J connectivity index is 2.67. The van der Waals surface area contributed by atoms with E-state index >= 15 is 0 Å². The van der Waals surface area contributed by atoms with E-state index < -0.39 is 11.6 Å². The number of para-hydroxylation sites is 1. The number of benzene rings is 1. The average Bonchev–Trinajstić information content (AvgIpc) is 2.22. The molecule has 0 saturated carbocycles. The van der Waals surface area contributed by atoms with Crippen LogP contribution in [0.15, 0.2) is 18.2 Å². The zero-order valence-electron chi connectivity index (χ0n) is 9.41. The van der Waals surface area contributed by atoms with E-state index in [0.717, 1.165) is 0 Å². The fourth-order valence-corrected chi connectivity index (χ4v) is 1.79. The third kappa shape index (κ3) is 3.37. The van der Waals surface area contributed by atoms with Gasteiger partial charge < -0.3 is 4.74 Å². The lowest BCUT2D eigenvalue weighted by molar-refractivity contribution is 0.210. The summed E-state index contributed by atoms with van der Waals surface area (Å²) in [6.45, 7) is 4.34. The summed E-state index contributed by atoms with van der Waals surface area (Å²) < 4.78 is 31.6. The molecule has 0 saturated heterocycles. The van der Waals surface area contributed by atoms with Crippen LogP contribution < -0.4 is 4.74 Å². The Kier molecular flexibility index (Phi) is 5.06. The first-order valence-corrected chi connectivity index (χ1v) is 5.87. The van der Waals surface area contributed by atoms with Crippen LogP contribution in [0.25, 0.3) is 0 Å². The summed E-state index contributed by atoms with van der Waals surface area (Å²) in [6.07, 6.45) is 0. The van der Waals surface area contributed by atoms with E-state index in [1.165, 1.54) is 18.2 Å². The molecule has 0 aliphatic rings. The number of hydrogen-bond donors (Lipinski definition) is 1. The molecule has 1 atom stereocenters. The third-order valence-electron chi connectivity index (χ3n) is 2.54. The van der Waals surface area contributed by atoms with Gasteiger partial charge in [-0.1, -0.05) is 19.9 Å². The molecule has 1 aromatic rings. The van der Waals surface area contributed by atoms with Gasteiger partial charge in [0, 0.05) is 5.92 Å². The van der Waals surface area contributed by atoms with E-state index in [4.69, 9.17) is 4.74 Å². The second-order valence-electron chi connectivity index (χ2n) is 4.05. The molecule has 1 aromatic carbocycles. The number of thiol groups is 1. The second kappa shape index (κ2) is 6.09. The fourth-order valence-electron chi connectivity index (χ4n) is 1.27. The summed E-state index contributed by atoms with van der Waals surface area (Å²) in [5, 5.41) is 0. The molecule has 0 bridgehead atoms. The van der Waals surface area contributed by atoms with E-state index in [9.17, 15) is 8.78 Å². The highest BCUT2D eigenvalue weighted by atomic mass is 32.1. The molecule has 0 aliphatic heterocycles. The number of halogens is 2. The second-order valence-corrected chi connectivity index (χ2v) is 4.41. The molecule has 0 N–H and O–H groups in total. The molecule has 90 valence electrons. The summed E-state index contributed by atoms with van der Waals surface area (Å²) in [5.41, 5.74) is 0. The maximum absolute atomic E-state index is 13.2. The van der Waals surface area contributed by atoms with Gasteiger partial charge in [0.1, 0.15) is 0 Å². The minimum atomic E-state index is -0.665. The maximum atomic E-state index is 13.2. The molecule has 1 rings (SSSR count). The zero-order chi connectivity index (χ0) is 12.1. The third-order valence-corrected chi connectivity index (χ3v) is 3.01. The van der Waals surface area contributed by atoms with Gasteiger partial charge in [0.15, 0.2) is 17.4 Å². The van der Waals surface area contributed by atoms with E-state index in [1.54, 1.807) is 0 Å². The van der Waals surface area contributed by atoms with Crippen LogP contribution >= 0.6 is 12.6 Å². The first-order chi connectivity index (χ1) is 7.56. The summed E-state index contributed by atoms with van der Waals surface area (Å²) in [6, 6.07) is 3.68. The van der Waals surface area contributed by atoms with Crippen LogP contribution in [0, 0.1) is 23.5 Å². The topological polar surface area (TPSA) is 9.23 Å². The lowest BCUT2D eigenvalue weighted by Crippen LogP contribution is -2.20. The van der Waals surface area contributed by atoms with Crippen molar-refractivity contribution in [1.82, 2.24) is 0 Å². The van der Waals surface area contributed by atoms with E-state index in [2.05, 4.69) is 12.6 Å². The highest BCUT2D eigenvalue weighted by molar-refractivity contribution is 7.80. The largest absolute Gasteiger partial charge is 0.487 e. The van der Waals surface area contributed by atoms with Gasteiger partial charge in [-0.15, -0.1) is 0 Å². The quantitative estimate of drug-likeness (QED) is 0.782. The molecule has 0 heterocycles. The summed E-state index contributed by atoms with van der Waals surface area (Å²) >= 11 is 4.19. The zero-order valence-corrected chi connectivity index (χ0v) is 10.3. The molecule has 0 amide bonds. The highest BCUT2D eigenvalue weighted by Crippen LogP contribution is 2.22. The minimum absolute atomic E-state index is 0.183. The molecule has 0 fully saturated rings.